The van der Waals surface area contributed by atoms with Crippen molar-refractivity contribution in [1.29, 1.82) is 0 Å². The van der Waals surface area contributed by atoms with Crippen LogP contribution >= 0.6 is 15.9 Å². The van der Waals surface area contributed by atoms with Crippen LogP contribution in [-0.4, -0.2) is 23.1 Å². The van der Waals surface area contributed by atoms with Gasteiger partial charge in [0.05, 0.1) is 0 Å². The lowest BCUT2D eigenvalue weighted by Crippen LogP contribution is -2.37. The number of alkyl carbamates (subject to hydrolysis) is 1. The van der Waals surface area contributed by atoms with Gasteiger partial charge in [-0.05, 0) is 46.0 Å². The third-order valence-electron chi connectivity index (χ3n) is 2.48. The number of amides is 1. The smallest absolute Gasteiger partial charge is 0.407 e. The fourth-order valence-corrected chi connectivity index (χ4v) is 2.41. The summed E-state index contributed by atoms with van der Waals surface area (Å²) >= 11 is 3.47. The zero-order valence-corrected chi connectivity index (χ0v) is 11.3. The van der Waals surface area contributed by atoms with E-state index in [2.05, 4.69) is 21.2 Å². The van der Waals surface area contributed by atoms with Crippen LogP contribution in [0.25, 0.3) is 0 Å². The summed E-state index contributed by atoms with van der Waals surface area (Å²) in [5.41, 5.74) is -0.405. The van der Waals surface area contributed by atoms with E-state index in [4.69, 9.17) is 4.74 Å². The van der Waals surface area contributed by atoms with Crippen LogP contribution in [0.1, 0.15) is 40.0 Å². The Morgan fingerprint density at radius 2 is 2.13 bits per heavy atom. The second-order valence-corrected chi connectivity index (χ2v) is 5.82. The number of ether oxygens (including phenoxy) is 1. The van der Waals surface area contributed by atoms with Crippen molar-refractivity contribution in [3.63, 3.8) is 0 Å². The molecule has 0 aliphatic heterocycles. The van der Waals surface area contributed by atoms with Crippen LogP contribution in [-0.2, 0) is 4.74 Å². The van der Waals surface area contributed by atoms with Crippen molar-refractivity contribution in [3.8, 4) is 0 Å². The Labute approximate surface area is 100 Å². The number of halogens is 1. The second-order valence-electron chi connectivity index (χ2n) is 5.18. The summed E-state index contributed by atoms with van der Waals surface area (Å²) in [5.74, 6) is 0.699. The van der Waals surface area contributed by atoms with Gasteiger partial charge in [-0.2, -0.15) is 0 Å². The van der Waals surface area contributed by atoms with Crippen LogP contribution in [0.2, 0.25) is 0 Å². The summed E-state index contributed by atoms with van der Waals surface area (Å²) in [6.07, 6.45) is 3.02. The Bertz CT molecular complexity index is 225. The molecule has 1 amide bonds. The zero-order valence-electron chi connectivity index (χ0n) is 9.68. The molecular weight excluding hydrogens is 258 g/mol. The van der Waals surface area contributed by atoms with Gasteiger partial charge in [-0.25, -0.2) is 4.79 Å². The molecule has 0 heterocycles. The van der Waals surface area contributed by atoms with Crippen LogP contribution in [0, 0.1) is 5.92 Å². The molecule has 15 heavy (non-hydrogen) atoms. The molecule has 0 aromatic rings. The van der Waals surface area contributed by atoms with E-state index < -0.39 is 5.60 Å². The fourth-order valence-electron chi connectivity index (χ4n) is 1.82. The lowest BCUT2D eigenvalue weighted by Gasteiger charge is -2.21. The molecule has 1 aliphatic rings. The Kier molecular flexibility index (Phi) is 4.44. The van der Waals surface area contributed by atoms with Gasteiger partial charge in [0, 0.05) is 11.4 Å². The van der Waals surface area contributed by atoms with Gasteiger partial charge in [-0.1, -0.05) is 15.9 Å². The Balaban J connectivity index is 2.28. The van der Waals surface area contributed by atoms with Gasteiger partial charge in [-0.3, -0.25) is 0 Å². The van der Waals surface area contributed by atoms with Crippen molar-refractivity contribution in [3.05, 3.63) is 0 Å². The van der Waals surface area contributed by atoms with Crippen molar-refractivity contribution >= 4 is 22.0 Å². The predicted molar refractivity (Wildman–Crippen MR) is 64.3 cm³/mol. The first-order valence-electron chi connectivity index (χ1n) is 5.46. The zero-order chi connectivity index (χ0) is 11.5. The first kappa shape index (κ1) is 12.8. The molecule has 1 aliphatic carbocycles. The van der Waals surface area contributed by atoms with Gasteiger partial charge in [-0.15, -0.1) is 0 Å². The Hall–Kier alpha value is -0.250. The van der Waals surface area contributed by atoms with E-state index in [0.29, 0.717) is 12.0 Å². The van der Waals surface area contributed by atoms with E-state index in [0.717, 1.165) is 18.2 Å². The van der Waals surface area contributed by atoms with Crippen LogP contribution in [0.3, 0.4) is 0 Å². The molecule has 3 nitrogen and oxygen atoms in total. The molecule has 0 aromatic carbocycles. The highest BCUT2D eigenvalue weighted by molar-refractivity contribution is 9.09. The Morgan fingerprint density at radius 1 is 1.47 bits per heavy atom. The minimum absolute atomic E-state index is 0.289. The minimum Gasteiger partial charge on any atom is -0.444 e. The average molecular weight is 278 g/mol. The quantitative estimate of drug-likeness (QED) is 0.788. The third kappa shape index (κ3) is 4.87. The second kappa shape index (κ2) is 5.19. The van der Waals surface area contributed by atoms with Gasteiger partial charge in [0.25, 0.3) is 0 Å². The van der Waals surface area contributed by atoms with Crippen LogP contribution in [0.15, 0.2) is 0 Å². The molecule has 0 bridgehead atoms. The van der Waals surface area contributed by atoms with Crippen LogP contribution in [0.5, 0.6) is 0 Å². The van der Waals surface area contributed by atoms with Gasteiger partial charge >= 0.3 is 6.09 Å². The molecule has 1 rings (SSSR count). The van der Waals surface area contributed by atoms with E-state index in [1.54, 1.807) is 0 Å². The monoisotopic (exact) mass is 277 g/mol. The summed E-state index contributed by atoms with van der Waals surface area (Å²) in [4.78, 5) is 11.5. The van der Waals surface area contributed by atoms with Gasteiger partial charge < -0.3 is 10.1 Å². The molecule has 2 atom stereocenters. The number of hydrogen-bond acceptors (Lipinski definition) is 2. The van der Waals surface area contributed by atoms with Crippen molar-refractivity contribution < 1.29 is 9.53 Å². The number of rotatable bonds is 2. The van der Waals surface area contributed by atoms with E-state index in [-0.39, 0.29) is 6.09 Å². The van der Waals surface area contributed by atoms with Crippen molar-refractivity contribution in [2.24, 2.45) is 5.92 Å². The normalized spacial score (nSPS) is 26.4. The predicted octanol–water partition coefficient (Wildman–Crippen LogP) is 3.07. The van der Waals surface area contributed by atoms with E-state index in [1.165, 1.54) is 6.42 Å². The number of nitrogens with one attached hydrogen (secondary N) is 1. The Morgan fingerprint density at radius 3 is 2.60 bits per heavy atom. The summed E-state index contributed by atoms with van der Waals surface area (Å²) < 4.78 is 5.21. The maximum absolute atomic E-state index is 11.5. The fraction of sp³-hybridized carbons (Fsp3) is 0.909. The molecule has 1 saturated carbocycles. The SMILES string of the molecule is CC(C)(C)OC(=O)N[C@@H]1CC[C@H](CBr)C1. The van der Waals surface area contributed by atoms with Crippen LogP contribution in [0.4, 0.5) is 4.79 Å². The number of hydrogen-bond donors (Lipinski definition) is 1. The average Bonchev–Trinajstić information content (AvgIpc) is 2.48. The van der Waals surface area contributed by atoms with Crippen molar-refractivity contribution in [1.82, 2.24) is 5.32 Å². The van der Waals surface area contributed by atoms with Gasteiger partial charge in [0.1, 0.15) is 5.60 Å². The van der Waals surface area contributed by atoms with E-state index >= 15 is 0 Å². The lowest BCUT2D eigenvalue weighted by atomic mass is 10.1. The molecule has 4 heteroatoms. The van der Waals surface area contributed by atoms with E-state index in [1.807, 2.05) is 20.8 Å². The van der Waals surface area contributed by atoms with Crippen LogP contribution < -0.4 is 5.32 Å². The maximum atomic E-state index is 11.5. The topological polar surface area (TPSA) is 38.3 Å². The summed E-state index contributed by atoms with van der Waals surface area (Å²) in [6, 6.07) is 0.294. The van der Waals surface area contributed by atoms with Gasteiger partial charge in [0.2, 0.25) is 0 Å². The standard InChI is InChI=1S/C11H20BrNO2/c1-11(2,3)15-10(14)13-9-5-4-8(6-9)7-12/h8-9H,4-7H2,1-3H3,(H,13,14)/t8-,9+/m0/s1. The number of carbonyl (C=O) groups is 1. The molecule has 0 radical (unpaired) electrons. The summed E-state index contributed by atoms with van der Waals surface area (Å²) in [5, 5.41) is 3.94. The van der Waals surface area contributed by atoms with Gasteiger partial charge in [0.15, 0.2) is 0 Å². The molecule has 88 valence electrons. The molecule has 0 saturated heterocycles. The largest absolute Gasteiger partial charge is 0.444 e. The molecule has 0 unspecified atom stereocenters. The molecule has 1 fully saturated rings. The highest BCUT2D eigenvalue weighted by atomic mass is 79.9. The molecule has 0 spiro atoms. The molecule has 1 N–H and O–H groups in total. The highest BCUT2D eigenvalue weighted by Gasteiger charge is 2.26. The lowest BCUT2D eigenvalue weighted by molar-refractivity contribution is 0.0505. The van der Waals surface area contributed by atoms with E-state index in [9.17, 15) is 4.79 Å². The first-order chi connectivity index (χ1) is 6.90. The van der Waals surface area contributed by atoms with Crippen molar-refractivity contribution in [2.45, 2.75) is 51.7 Å². The highest BCUT2D eigenvalue weighted by Crippen LogP contribution is 2.27. The summed E-state index contributed by atoms with van der Waals surface area (Å²) in [6.45, 7) is 5.63. The molecular formula is C11H20BrNO2. The molecule has 0 aromatic heterocycles. The number of alkyl halides is 1. The number of carbonyl (C=O) groups excluding carboxylic acids is 1. The first-order valence-corrected chi connectivity index (χ1v) is 6.58. The maximum Gasteiger partial charge on any atom is 0.407 e. The summed E-state index contributed by atoms with van der Waals surface area (Å²) in [7, 11) is 0. The third-order valence-corrected chi connectivity index (χ3v) is 3.40. The van der Waals surface area contributed by atoms with Crippen molar-refractivity contribution in [2.75, 3.05) is 5.33 Å². The minimum atomic E-state index is -0.405.